The lowest BCUT2D eigenvalue weighted by Crippen LogP contribution is -2.30. The van der Waals surface area contributed by atoms with Gasteiger partial charge in [0.2, 0.25) is 0 Å². The monoisotopic (exact) mass is 299 g/mol. The molecule has 1 N–H and O–H groups in total. The van der Waals surface area contributed by atoms with E-state index in [9.17, 15) is 20.2 Å². The second kappa shape index (κ2) is 8.25. The molecule has 0 atom stereocenters. The Morgan fingerprint density at radius 1 is 1.24 bits per heavy atom. The average Bonchev–Trinajstić information content (AvgIpc) is 2.44. The largest absolute Gasteiger partial charge is 0.395 e. The molecule has 9 heteroatoms. The molecule has 0 aliphatic heterocycles. The first-order valence-electron chi connectivity index (χ1n) is 6.23. The number of hydrogen-bond donors (Lipinski definition) is 1. The number of aliphatic hydroxyl groups is 1. The predicted molar refractivity (Wildman–Crippen MR) is 74.0 cm³/mol. The third kappa shape index (κ3) is 5.06. The lowest BCUT2D eigenvalue weighted by Gasteiger charge is -2.20. The molecule has 0 saturated carbocycles. The first kappa shape index (κ1) is 17.0. The summed E-state index contributed by atoms with van der Waals surface area (Å²) in [4.78, 5) is 22.2. The van der Waals surface area contributed by atoms with Crippen LogP contribution < -0.4 is 0 Å². The third-order valence-corrected chi connectivity index (χ3v) is 2.90. The van der Waals surface area contributed by atoms with Crippen molar-refractivity contribution in [2.75, 3.05) is 33.4 Å². The number of aliphatic hydroxyl groups excluding tert-OH is 1. The summed E-state index contributed by atoms with van der Waals surface area (Å²) in [6.45, 7) is 1.35. The zero-order valence-electron chi connectivity index (χ0n) is 11.6. The van der Waals surface area contributed by atoms with Crippen molar-refractivity contribution in [2.45, 2.75) is 6.54 Å². The van der Waals surface area contributed by atoms with Crippen molar-refractivity contribution in [3.8, 4) is 0 Å². The maximum absolute atomic E-state index is 11.0. The SMILES string of the molecule is COCCN(CCO)Cc1ccc([N+](=O)[O-])cc1[N+](=O)[O-]. The lowest BCUT2D eigenvalue weighted by atomic mass is 10.1. The number of nitro groups is 2. The highest BCUT2D eigenvalue weighted by molar-refractivity contribution is 5.49. The van der Waals surface area contributed by atoms with E-state index in [-0.39, 0.29) is 24.5 Å². The van der Waals surface area contributed by atoms with Gasteiger partial charge >= 0.3 is 0 Å². The van der Waals surface area contributed by atoms with Gasteiger partial charge in [0.1, 0.15) is 0 Å². The number of non-ortho nitro benzene ring substituents is 1. The molecule has 1 aromatic carbocycles. The van der Waals surface area contributed by atoms with Gasteiger partial charge < -0.3 is 9.84 Å². The molecule has 0 fully saturated rings. The summed E-state index contributed by atoms with van der Waals surface area (Å²) in [5, 5.41) is 30.7. The molecule has 0 aliphatic rings. The zero-order valence-corrected chi connectivity index (χ0v) is 11.6. The van der Waals surface area contributed by atoms with E-state index >= 15 is 0 Å². The van der Waals surface area contributed by atoms with Gasteiger partial charge in [0.25, 0.3) is 11.4 Å². The Morgan fingerprint density at radius 3 is 2.48 bits per heavy atom. The van der Waals surface area contributed by atoms with E-state index in [1.807, 2.05) is 0 Å². The minimum absolute atomic E-state index is 0.0928. The highest BCUT2D eigenvalue weighted by Crippen LogP contribution is 2.25. The fraction of sp³-hybridized carbons (Fsp3) is 0.500. The van der Waals surface area contributed by atoms with Crippen LogP contribution in [0.25, 0.3) is 0 Å². The van der Waals surface area contributed by atoms with Crippen LogP contribution in [0.1, 0.15) is 5.56 Å². The molecular weight excluding hydrogens is 282 g/mol. The first-order valence-corrected chi connectivity index (χ1v) is 6.23. The quantitative estimate of drug-likeness (QED) is 0.532. The molecule has 0 radical (unpaired) electrons. The normalized spacial score (nSPS) is 10.8. The Labute approximate surface area is 121 Å². The number of benzene rings is 1. The molecule has 0 aliphatic carbocycles. The summed E-state index contributed by atoms with van der Waals surface area (Å²) in [5.74, 6) is 0. The topological polar surface area (TPSA) is 119 Å². The highest BCUT2D eigenvalue weighted by Gasteiger charge is 2.20. The van der Waals surface area contributed by atoms with Gasteiger partial charge in [-0.15, -0.1) is 0 Å². The standard InChI is InChI=1S/C12H17N3O6/c1-21-7-5-13(4-6-16)9-10-2-3-11(14(17)18)8-12(10)15(19)20/h2-3,8,16H,4-7,9H2,1H3. The summed E-state index contributed by atoms with van der Waals surface area (Å²) in [5.41, 5.74) is -0.268. The minimum Gasteiger partial charge on any atom is -0.395 e. The maximum Gasteiger partial charge on any atom is 0.280 e. The molecule has 0 bridgehead atoms. The van der Waals surface area contributed by atoms with E-state index < -0.39 is 9.85 Å². The van der Waals surface area contributed by atoms with Gasteiger partial charge in [0, 0.05) is 38.4 Å². The molecule has 0 aromatic heterocycles. The van der Waals surface area contributed by atoms with Gasteiger partial charge in [-0.1, -0.05) is 0 Å². The molecule has 0 saturated heterocycles. The average molecular weight is 299 g/mol. The first-order chi connectivity index (χ1) is 9.99. The van der Waals surface area contributed by atoms with Crippen molar-refractivity contribution < 1.29 is 19.7 Å². The van der Waals surface area contributed by atoms with E-state index in [4.69, 9.17) is 9.84 Å². The summed E-state index contributed by atoms with van der Waals surface area (Å²) in [7, 11) is 1.53. The number of methoxy groups -OCH3 is 1. The Morgan fingerprint density at radius 2 is 1.95 bits per heavy atom. The molecule has 0 unspecified atom stereocenters. The van der Waals surface area contributed by atoms with E-state index in [1.165, 1.54) is 19.2 Å². The van der Waals surface area contributed by atoms with Crippen LogP contribution in [0.15, 0.2) is 18.2 Å². The van der Waals surface area contributed by atoms with Crippen LogP contribution in [0.5, 0.6) is 0 Å². The summed E-state index contributed by atoms with van der Waals surface area (Å²) in [6.07, 6.45) is 0. The molecule has 1 aromatic rings. The van der Waals surface area contributed by atoms with Crippen LogP contribution in [0, 0.1) is 20.2 Å². The van der Waals surface area contributed by atoms with Crippen molar-refractivity contribution in [3.63, 3.8) is 0 Å². The Kier molecular flexibility index (Phi) is 6.66. The fourth-order valence-corrected chi connectivity index (χ4v) is 1.84. The summed E-state index contributed by atoms with van der Waals surface area (Å²) >= 11 is 0. The van der Waals surface area contributed by atoms with E-state index in [0.717, 1.165) is 6.07 Å². The second-order valence-electron chi connectivity index (χ2n) is 4.32. The Balaban J connectivity index is 2.99. The van der Waals surface area contributed by atoms with Crippen molar-refractivity contribution in [3.05, 3.63) is 44.0 Å². The minimum atomic E-state index is -0.673. The molecule has 21 heavy (non-hydrogen) atoms. The fourth-order valence-electron chi connectivity index (χ4n) is 1.84. The second-order valence-corrected chi connectivity index (χ2v) is 4.32. The number of ether oxygens (including phenoxy) is 1. The van der Waals surface area contributed by atoms with Crippen molar-refractivity contribution in [2.24, 2.45) is 0 Å². The van der Waals surface area contributed by atoms with E-state index in [2.05, 4.69) is 0 Å². The molecule has 1 rings (SSSR count). The molecule has 9 nitrogen and oxygen atoms in total. The molecule has 0 spiro atoms. The van der Waals surface area contributed by atoms with Crippen LogP contribution in [-0.4, -0.2) is 53.3 Å². The highest BCUT2D eigenvalue weighted by atomic mass is 16.6. The van der Waals surface area contributed by atoms with E-state index in [1.54, 1.807) is 4.90 Å². The number of nitro benzene ring substituents is 2. The third-order valence-electron chi connectivity index (χ3n) is 2.90. The van der Waals surface area contributed by atoms with Crippen LogP contribution >= 0.6 is 0 Å². The van der Waals surface area contributed by atoms with Crippen LogP contribution in [0.3, 0.4) is 0 Å². The van der Waals surface area contributed by atoms with Gasteiger partial charge in [0.05, 0.1) is 29.1 Å². The summed E-state index contributed by atoms with van der Waals surface area (Å²) in [6, 6.07) is 3.55. The predicted octanol–water partition coefficient (Wildman–Crippen LogP) is 0.944. The Hall–Kier alpha value is -2.10. The number of nitrogens with zero attached hydrogens (tertiary/aromatic N) is 3. The van der Waals surface area contributed by atoms with Crippen LogP contribution in [-0.2, 0) is 11.3 Å². The molecule has 0 heterocycles. The summed E-state index contributed by atoms with van der Waals surface area (Å²) < 4.78 is 4.94. The Bertz CT molecular complexity index is 508. The van der Waals surface area contributed by atoms with Crippen molar-refractivity contribution >= 4 is 11.4 Å². The van der Waals surface area contributed by atoms with E-state index in [0.29, 0.717) is 25.3 Å². The van der Waals surface area contributed by atoms with Gasteiger partial charge in [-0.25, -0.2) is 0 Å². The van der Waals surface area contributed by atoms with Crippen LogP contribution in [0.4, 0.5) is 11.4 Å². The van der Waals surface area contributed by atoms with Crippen molar-refractivity contribution in [1.29, 1.82) is 0 Å². The smallest absolute Gasteiger partial charge is 0.280 e. The maximum atomic E-state index is 11.0. The van der Waals surface area contributed by atoms with Crippen molar-refractivity contribution in [1.82, 2.24) is 4.90 Å². The molecule has 0 amide bonds. The molecular formula is C12H17N3O6. The molecule has 116 valence electrons. The van der Waals surface area contributed by atoms with Gasteiger partial charge in [-0.2, -0.15) is 0 Å². The lowest BCUT2D eigenvalue weighted by molar-refractivity contribution is -0.394. The number of rotatable bonds is 9. The zero-order chi connectivity index (χ0) is 15.8. The van der Waals surface area contributed by atoms with Gasteiger partial charge in [-0.3, -0.25) is 25.1 Å². The number of hydrogen-bond acceptors (Lipinski definition) is 7. The van der Waals surface area contributed by atoms with Gasteiger partial charge in [0.15, 0.2) is 0 Å². The van der Waals surface area contributed by atoms with Gasteiger partial charge in [-0.05, 0) is 6.07 Å². The van der Waals surface area contributed by atoms with Crippen LogP contribution in [0.2, 0.25) is 0 Å².